The number of aliphatic hydroxyl groups is 1. The number of nitrogens with one attached hydrogen (secondary N) is 17. The van der Waals surface area contributed by atoms with E-state index in [2.05, 4.69) is 79.1 Å². The molecule has 34 N–H and O–H groups in total. The molecule has 5 aromatic rings. The monoisotopic (exact) mass is 1620 g/mol. The molecular weight excluding hydrogens is 1500 g/mol. The van der Waals surface area contributed by atoms with Gasteiger partial charge in [0.15, 0.2) is 11.9 Å². The topological polar surface area (TPSA) is 686 Å². The Morgan fingerprint density at radius 1 is 0.388 bits per heavy atom. The van der Waals surface area contributed by atoms with Crippen molar-refractivity contribution < 1.29 is 67.4 Å². The van der Waals surface area contributed by atoms with Crippen molar-refractivity contribution >= 4 is 111 Å². The number of aromatic nitrogens is 2. The highest BCUT2D eigenvalue weighted by molar-refractivity contribution is 6.01. The van der Waals surface area contributed by atoms with E-state index in [4.69, 9.17) is 56.7 Å². The third-order valence-electron chi connectivity index (χ3n) is 19.0. The highest BCUT2D eigenvalue weighted by Gasteiger charge is 2.38. The van der Waals surface area contributed by atoms with E-state index in [1.807, 2.05) is 6.07 Å². The number of rotatable bonds is 54. The number of aliphatic hydroxyl groups excluding tert-OH is 1. The van der Waals surface area contributed by atoms with Gasteiger partial charge < -0.3 is 130 Å². The molecule has 0 bridgehead atoms. The first kappa shape index (κ1) is 94.8. The summed E-state index contributed by atoms with van der Waals surface area (Å²) in [6, 6.07) is 5.81. The van der Waals surface area contributed by atoms with Gasteiger partial charge >= 0.3 is 0 Å². The SMILES string of the molecule is CC(C)CC(NC(=O)C(C)NC(=O)C(Cc1c[nH]c2ccccc12)NC(=O)C(CCCCN)NC(=O)C(CC(N)=O)NC(=O)C(Cc1c[nH]c2ccccc12)NC(=O)C(CCCCN)NC(=O)C(CCCCN)NC(=O)C(CCCNC(=N)N)NC(=O)C(N)Cc1ccccc1)C(=O)NC(CO)C(=O)NC(CCCNC(=N)N)C(N)=O. The van der Waals surface area contributed by atoms with Gasteiger partial charge in [-0.2, -0.15) is 0 Å². The van der Waals surface area contributed by atoms with Crippen LogP contribution in [0.1, 0.15) is 134 Å². The zero-order valence-corrected chi connectivity index (χ0v) is 66.0. The van der Waals surface area contributed by atoms with Crippen molar-refractivity contribution in [2.75, 3.05) is 39.3 Å². The zero-order chi connectivity index (χ0) is 85.4. The van der Waals surface area contributed by atoms with E-state index >= 15 is 9.59 Å². The highest BCUT2D eigenvalue weighted by atomic mass is 16.3. The number of hydrogen-bond acceptors (Lipinski definition) is 20. The molecule has 0 saturated carbocycles. The molecule has 2 heterocycles. The maximum absolute atomic E-state index is 15.1. The van der Waals surface area contributed by atoms with Crippen LogP contribution in [0, 0.1) is 16.7 Å². The number of primary amides is 2. The van der Waals surface area contributed by atoms with Crippen molar-refractivity contribution in [2.24, 2.45) is 51.8 Å². The van der Waals surface area contributed by atoms with E-state index in [-0.39, 0.29) is 134 Å². The molecule has 0 fully saturated rings. The van der Waals surface area contributed by atoms with Gasteiger partial charge in [0, 0.05) is 60.1 Å². The number of fused-ring (bicyclic) bond motifs is 2. The average Bonchev–Trinajstić information content (AvgIpc) is 1.66. The average molecular weight is 1620 g/mol. The van der Waals surface area contributed by atoms with Crippen LogP contribution in [0.2, 0.25) is 0 Å². The Hall–Kier alpha value is -11.8. The summed E-state index contributed by atoms with van der Waals surface area (Å²) in [4.78, 5) is 191. The molecule has 636 valence electrons. The maximum atomic E-state index is 15.1. The van der Waals surface area contributed by atoms with Gasteiger partial charge in [-0.15, -0.1) is 0 Å². The number of hydrogen-bond donors (Lipinski definition) is 26. The van der Waals surface area contributed by atoms with Crippen molar-refractivity contribution in [3.63, 3.8) is 0 Å². The van der Waals surface area contributed by atoms with Crippen molar-refractivity contribution in [3.05, 3.63) is 108 Å². The number of guanidine groups is 2. The Bertz CT molecular complexity index is 4100. The lowest BCUT2D eigenvalue weighted by molar-refractivity contribution is -0.136. The number of H-pyrrole nitrogens is 2. The molecule has 3 aromatic carbocycles. The molecule has 116 heavy (non-hydrogen) atoms. The fraction of sp³-hybridized carbons (Fsp3) is 0.519. The number of unbranched alkanes of at least 4 members (excludes halogenated alkanes) is 3. The lowest BCUT2D eigenvalue weighted by Gasteiger charge is -2.28. The van der Waals surface area contributed by atoms with Gasteiger partial charge in [-0.05, 0) is 158 Å². The first-order valence-electron chi connectivity index (χ1n) is 39.0. The summed E-state index contributed by atoms with van der Waals surface area (Å²) in [6.45, 7) is 4.75. The standard InChI is InChI=1S/C77H119N25O14/c1-43(2)35-58(72(113)102-62(42-103)75(116)93-53(64(83)105)28-17-33-88-76(84)85)98-65(106)44(3)92-71(112)59(37-46-40-90-51-23-9-7-21-48(46)51)99-70(111)56(27-13-16-32-80)97-74(115)61(39-63(82)104)101-73(114)60(38-47-41-91-52-24-10-8-22-49(47)52)100-69(110)55(26-12-15-31-79)96-67(108)54(25-11-14-30-78)95-68(109)57(29-18-34-89-77(86)87)94-66(107)50(81)36-45-19-5-4-6-20-45/h4-10,19-24,40-41,43-44,50,53-62,90-91,103H,11-18,25-39,42,78-81H2,1-3H3,(H2,82,104)(H2,83,105)(H,92,112)(H,93,116)(H,94,107)(H,95,109)(H,96,108)(H,97,115)(H,98,106)(H,99,111)(H,100,110)(H,101,114)(H,102,113)(H4,84,85,88)(H4,86,87,89). The van der Waals surface area contributed by atoms with E-state index in [0.29, 0.717) is 58.6 Å². The first-order chi connectivity index (χ1) is 55.4. The molecule has 0 spiro atoms. The molecule has 13 amide bonds. The van der Waals surface area contributed by atoms with E-state index in [0.717, 1.165) is 5.56 Å². The Kier molecular flexibility index (Phi) is 40.6. The summed E-state index contributed by atoms with van der Waals surface area (Å²) < 4.78 is 0. The van der Waals surface area contributed by atoms with E-state index in [9.17, 15) is 57.8 Å². The van der Waals surface area contributed by atoms with Crippen LogP contribution in [0.5, 0.6) is 0 Å². The number of benzene rings is 3. The molecule has 39 nitrogen and oxygen atoms in total. The van der Waals surface area contributed by atoms with Gasteiger partial charge in [-0.1, -0.05) is 80.6 Å². The molecule has 39 heteroatoms. The molecule has 2 aromatic heterocycles. The van der Waals surface area contributed by atoms with E-state index in [1.54, 1.807) is 99.0 Å². The second kappa shape index (κ2) is 49.7. The second-order valence-electron chi connectivity index (χ2n) is 29.0. The Morgan fingerprint density at radius 2 is 0.733 bits per heavy atom. The predicted molar refractivity (Wildman–Crippen MR) is 436 cm³/mol. The fourth-order valence-corrected chi connectivity index (χ4v) is 12.8. The van der Waals surface area contributed by atoms with Crippen LogP contribution in [-0.2, 0) is 81.6 Å². The van der Waals surface area contributed by atoms with Gasteiger partial charge in [-0.3, -0.25) is 73.1 Å². The largest absolute Gasteiger partial charge is 0.394 e. The Balaban J connectivity index is 1.42. The van der Waals surface area contributed by atoms with Crippen molar-refractivity contribution in [2.45, 2.75) is 209 Å². The van der Waals surface area contributed by atoms with Crippen molar-refractivity contribution in [1.29, 1.82) is 10.8 Å². The van der Waals surface area contributed by atoms with Crippen molar-refractivity contribution in [3.8, 4) is 0 Å². The van der Waals surface area contributed by atoms with Gasteiger partial charge in [-0.25, -0.2) is 0 Å². The first-order valence-corrected chi connectivity index (χ1v) is 39.0. The molecule has 12 unspecified atom stereocenters. The van der Waals surface area contributed by atoms with Crippen LogP contribution < -0.4 is 115 Å². The number of amides is 13. The summed E-state index contributed by atoms with van der Waals surface area (Å²) in [6.07, 6.45) is 4.23. The Morgan fingerprint density at radius 3 is 1.16 bits per heavy atom. The quantitative estimate of drug-likeness (QED) is 0.00994. The number of carbonyl (C=O) groups is 13. The molecule has 5 rings (SSSR count). The zero-order valence-electron chi connectivity index (χ0n) is 66.0. The van der Waals surface area contributed by atoms with Crippen LogP contribution in [-0.4, -0.2) is 216 Å². The van der Waals surface area contributed by atoms with Crippen LogP contribution in [0.4, 0.5) is 0 Å². The summed E-state index contributed by atoms with van der Waals surface area (Å²) in [7, 11) is 0. The van der Waals surface area contributed by atoms with Crippen molar-refractivity contribution in [1.82, 2.24) is 79.1 Å². The molecule has 12 atom stereocenters. The van der Waals surface area contributed by atoms with Gasteiger partial charge in [0.05, 0.1) is 19.1 Å². The third-order valence-corrected chi connectivity index (χ3v) is 19.0. The summed E-state index contributed by atoms with van der Waals surface area (Å²) in [5, 5.41) is 60.6. The van der Waals surface area contributed by atoms with Crippen LogP contribution >= 0.6 is 0 Å². The van der Waals surface area contributed by atoms with E-state index in [1.165, 1.54) is 6.92 Å². The lowest BCUT2D eigenvalue weighted by atomic mass is 10.0. The number of para-hydroxylation sites is 2. The maximum Gasteiger partial charge on any atom is 0.245 e. The molecule has 0 saturated heterocycles. The minimum atomic E-state index is -1.85. The molecular formula is C77H119N25O14. The molecule has 0 aliphatic heterocycles. The minimum Gasteiger partial charge on any atom is -0.394 e. The third kappa shape index (κ3) is 32.6. The number of nitrogens with two attached hydrogens (primary N) is 8. The molecule has 0 aliphatic rings. The van der Waals surface area contributed by atoms with E-state index < -0.39 is 162 Å². The van der Waals surface area contributed by atoms with Crippen LogP contribution in [0.25, 0.3) is 21.8 Å². The summed E-state index contributed by atoms with van der Waals surface area (Å²) in [5.41, 5.74) is 49.3. The molecule has 0 aliphatic carbocycles. The lowest BCUT2D eigenvalue weighted by Crippen LogP contribution is -2.61. The second-order valence-corrected chi connectivity index (χ2v) is 29.0. The minimum absolute atomic E-state index is 0.00826. The summed E-state index contributed by atoms with van der Waals surface area (Å²) in [5.74, 6) is -12.8. The highest BCUT2D eigenvalue weighted by Crippen LogP contribution is 2.22. The predicted octanol–water partition coefficient (Wildman–Crippen LogP) is -4.33. The van der Waals surface area contributed by atoms with Gasteiger partial charge in [0.25, 0.3) is 0 Å². The Labute approximate surface area is 673 Å². The molecule has 0 radical (unpaired) electrons. The summed E-state index contributed by atoms with van der Waals surface area (Å²) >= 11 is 0. The van der Waals surface area contributed by atoms with Crippen LogP contribution in [0.15, 0.2) is 91.3 Å². The normalized spacial score (nSPS) is 14.3. The fourth-order valence-electron chi connectivity index (χ4n) is 12.8. The number of aromatic amines is 2. The van der Waals surface area contributed by atoms with Crippen LogP contribution in [0.3, 0.4) is 0 Å². The van der Waals surface area contributed by atoms with Gasteiger partial charge in [0.2, 0.25) is 76.8 Å². The number of carbonyl (C=O) groups excluding carboxylic acids is 13. The smallest absolute Gasteiger partial charge is 0.245 e. The van der Waals surface area contributed by atoms with Gasteiger partial charge in [0.1, 0.15) is 66.5 Å².